The van der Waals surface area contributed by atoms with Gasteiger partial charge in [-0.1, -0.05) is 6.92 Å². The normalized spacial score (nSPS) is 20.9. The Hall–Kier alpha value is -1.22. The third-order valence-electron chi connectivity index (χ3n) is 4.24. The Morgan fingerprint density at radius 1 is 1.42 bits per heavy atom. The van der Waals surface area contributed by atoms with Gasteiger partial charge in [0, 0.05) is 34.9 Å². The summed E-state index contributed by atoms with van der Waals surface area (Å²) in [5.74, 6) is 1.40. The van der Waals surface area contributed by atoms with Crippen molar-refractivity contribution in [2.24, 2.45) is 5.92 Å². The smallest absolute Gasteiger partial charge is 0.0526 e. The lowest BCUT2D eigenvalue weighted by molar-refractivity contribution is -0.0359. The van der Waals surface area contributed by atoms with Gasteiger partial charge in [-0.2, -0.15) is 0 Å². The monoisotopic (exact) mass is 258 g/mol. The van der Waals surface area contributed by atoms with Crippen molar-refractivity contribution in [2.45, 2.75) is 44.9 Å². The summed E-state index contributed by atoms with van der Waals surface area (Å²) >= 11 is 0. The molecule has 0 radical (unpaired) electrons. The highest BCUT2D eigenvalue weighted by Gasteiger charge is 2.33. The summed E-state index contributed by atoms with van der Waals surface area (Å²) in [6.07, 6.45) is 3.37. The fourth-order valence-electron chi connectivity index (χ4n) is 2.91. The van der Waals surface area contributed by atoms with Crippen LogP contribution in [0.5, 0.6) is 0 Å². The molecule has 102 valence electrons. The molecule has 19 heavy (non-hydrogen) atoms. The summed E-state index contributed by atoms with van der Waals surface area (Å²) in [5, 5.41) is 8.29. The van der Waals surface area contributed by atoms with Crippen LogP contribution in [0.1, 0.15) is 55.0 Å². The van der Waals surface area contributed by atoms with E-state index in [1.807, 2.05) is 0 Å². The van der Waals surface area contributed by atoms with E-state index >= 15 is 0 Å². The number of aryl methyl sites for hydroxylation is 1. The molecule has 1 aromatic heterocycles. The SMILES string of the molecule is CCC(=N)C(c1cc(C)nc(C2CC2)c1)C1COC1. The predicted molar refractivity (Wildman–Crippen MR) is 76.0 cm³/mol. The van der Waals surface area contributed by atoms with Gasteiger partial charge < -0.3 is 10.1 Å². The molecule has 1 N–H and O–H groups in total. The number of hydrogen-bond acceptors (Lipinski definition) is 3. The second-order valence-electron chi connectivity index (χ2n) is 5.89. The first-order valence-corrected chi connectivity index (χ1v) is 7.32. The Bertz CT molecular complexity index is 490. The Morgan fingerprint density at radius 3 is 2.68 bits per heavy atom. The number of ether oxygens (including phenoxy) is 1. The minimum atomic E-state index is 0.234. The number of aromatic nitrogens is 1. The van der Waals surface area contributed by atoms with Gasteiger partial charge in [0.2, 0.25) is 0 Å². The molecule has 3 heteroatoms. The maximum Gasteiger partial charge on any atom is 0.0526 e. The molecule has 1 saturated carbocycles. The molecule has 1 aliphatic heterocycles. The van der Waals surface area contributed by atoms with Crippen molar-refractivity contribution >= 4 is 5.71 Å². The minimum absolute atomic E-state index is 0.234. The molecule has 0 bridgehead atoms. The lowest BCUT2D eigenvalue weighted by Gasteiger charge is -2.34. The van der Waals surface area contributed by atoms with Crippen LogP contribution in [0.4, 0.5) is 0 Å². The average Bonchev–Trinajstić information content (AvgIpc) is 3.15. The summed E-state index contributed by atoms with van der Waals surface area (Å²) in [5.41, 5.74) is 4.45. The number of rotatable bonds is 5. The topological polar surface area (TPSA) is 46.0 Å². The van der Waals surface area contributed by atoms with E-state index in [9.17, 15) is 0 Å². The molecule has 3 rings (SSSR count). The molecule has 3 nitrogen and oxygen atoms in total. The lowest BCUT2D eigenvalue weighted by Crippen LogP contribution is -2.36. The van der Waals surface area contributed by atoms with Crippen LogP contribution in [0.2, 0.25) is 0 Å². The number of pyridine rings is 1. The summed E-state index contributed by atoms with van der Waals surface area (Å²) in [6, 6.07) is 4.41. The van der Waals surface area contributed by atoms with Crippen LogP contribution in [-0.2, 0) is 4.74 Å². The molecule has 2 fully saturated rings. The van der Waals surface area contributed by atoms with Crippen LogP contribution >= 0.6 is 0 Å². The molecule has 0 aromatic carbocycles. The van der Waals surface area contributed by atoms with Crippen molar-refractivity contribution in [3.05, 3.63) is 29.1 Å². The molecular weight excluding hydrogens is 236 g/mol. The molecule has 0 spiro atoms. The van der Waals surface area contributed by atoms with Crippen LogP contribution in [0, 0.1) is 18.3 Å². The van der Waals surface area contributed by atoms with Gasteiger partial charge in [-0.3, -0.25) is 4.98 Å². The highest BCUT2D eigenvalue weighted by molar-refractivity contribution is 5.88. The second-order valence-corrected chi connectivity index (χ2v) is 5.89. The maximum atomic E-state index is 8.29. The van der Waals surface area contributed by atoms with Crippen molar-refractivity contribution < 1.29 is 4.74 Å². The maximum absolute atomic E-state index is 8.29. The fourth-order valence-corrected chi connectivity index (χ4v) is 2.91. The molecule has 1 saturated heterocycles. The van der Waals surface area contributed by atoms with Crippen molar-refractivity contribution in [3.63, 3.8) is 0 Å². The van der Waals surface area contributed by atoms with E-state index in [1.165, 1.54) is 24.1 Å². The van der Waals surface area contributed by atoms with Crippen molar-refractivity contribution in [3.8, 4) is 0 Å². The highest BCUT2D eigenvalue weighted by atomic mass is 16.5. The minimum Gasteiger partial charge on any atom is -0.381 e. The molecule has 1 unspecified atom stereocenters. The summed E-state index contributed by atoms with van der Waals surface area (Å²) in [4.78, 5) is 4.66. The van der Waals surface area contributed by atoms with Crippen LogP contribution in [0.3, 0.4) is 0 Å². The Morgan fingerprint density at radius 2 is 2.16 bits per heavy atom. The Labute approximate surface area is 114 Å². The largest absolute Gasteiger partial charge is 0.381 e. The zero-order valence-corrected chi connectivity index (χ0v) is 11.8. The molecule has 1 atom stereocenters. The molecular formula is C16H22N2O. The standard InChI is InChI=1S/C16H22N2O/c1-3-14(17)16(13-8-19-9-13)12-6-10(2)18-15(7-12)11-4-5-11/h6-7,11,13,16-17H,3-5,8-9H2,1-2H3. The van der Waals surface area contributed by atoms with Crippen LogP contribution in [0.15, 0.2) is 12.1 Å². The van der Waals surface area contributed by atoms with Gasteiger partial charge >= 0.3 is 0 Å². The predicted octanol–water partition coefficient (Wildman–Crippen LogP) is 3.43. The second kappa shape index (κ2) is 5.04. The average molecular weight is 258 g/mol. The number of nitrogens with zero attached hydrogens (tertiary/aromatic N) is 1. The molecule has 0 amide bonds. The zero-order valence-electron chi connectivity index (χ0n) is 11.8. The quantitative estimate of drug-likeness (QED) is 0.822. The zero-order chi connectivity index (χ0) is 13.4. The summed E-state index contributed by atoms with van der Waals surface area (Å²) < 4.78 is 5.34. The van der Waals surface area contributed by atoms with Gasteiger partial charge in [0.15, 0.2) is 0 Å². The van der Waals surface area contributed by atoms with Gasteiger partial charge in [-0.15, -0.1) is 0 Å². The van der Waals surface area contributed by atoms with E-state index in [4.69, 9.17) is 10.1 Å². The van der Waals surface area contributed by atoms with Gasteiger partial charge in [-0.25, -0.2) is 0 Å². The Balaban J connectivity index is 1.94. The Kier molecular flexibility index (Phi) is 3.40. The van der Waals surface area contributed by atoms with Crippen molar-refractivity contribution in [1.29, 1.82) is 5.41 Å². The summed E-state index contributed by atoms with van der Waals surface area (Å²) in [7, 11) is 0. The van der Waals surface area contributed by atoms with E-state index < -0.39 is 0 Å². The van der Waals surface area contributed by atoms with E-state index in [0.717, 1.165) is 31.0 Å². The van der Waals surface area contributed by atoms with Crippen LogP contribution < -0.4 is 0 Å². The van der Waals surface area contributed by atoms with Gasteiger partial charge in [0.25, 0.3) is 0 Å². The van der Waals surface area contributed by atoms with Crippen LogP contribution in [0.25, 0.3) is 0 Å². The van der Waals surface area contributed by atoms with E-state index in [0.29, 0.717) is 11.8 Å². The molecule has 2 heterocycles. The lowest BCUT2D eigenvalue weighted by atomic mass is 9.80. The van der Waals surface area contributed by atoms with Crippen LogP contribution in [-0.4, -0.2) is 23.9 Å². The van der Waals surface area contributed by atoms with E-state index in [2.05, 4.69) is 31.0 Å². The first kappa shape index (κ1) is 12.8. The fraction of sp³-hybridized carbons (Fsp3) is 0.625. The molecule has 1 aliphatic carbocycles. The molecule has 1 aromatic rings. The third kappa shape index (κ3) is 2.57. The van der Waals surface area contributed by atoms with E-state index in [-0.39, 0.29) is 5.92 Å². The number of hydrogen-bond donors (Lipinski definition) is 1. The number of nitrogens with one attached hydrogen (secondary N) is 1. The highest BCUT2D eigenvalue weighted by Crippen LogP contribution is 2.41. The first-order valence-electron chi connectivity index (χ1n) is 7.32. The van der Waals surface area contributed by atoms with Gasteiger partial charge in [0.05, 0.1) is 13.2 Å². The van der Waals surface area contributed by atoms with Gasteiger partial charge in [0.1, 0.15) is 0 Å². The molecule has 2 aliphatic rings. The van der Waals surface area contributed by atoms with E-state index in [1.54, 1.807) is 0 Å². The summed E-state index contributed by atoms with van der Waals surface area (Å²) in [6.45, 7) is 5.74. The third-order valence-corrected chi connectivity index (χ3v) is 4.24. The van der Waals surface area contributed by atoms with Crippen molar-refractivity contribution in [2.75, 3.05) is 13.2 Å². The van der Waals surface area contributed by atoms with Crippen molar-refractivity contribution in [1.82, 2.24) is 4.98 Å². The van der Waals surface area contributed by atoms with Gasteiger partial charge in [-0.05, 0) is 43.9 Å². The first-order chi connectivity index (χ1) is 9.19.